The largest absolute Gasteiger partial charge is 0.493 e. The van der Waals surface area contributed by atoms with Crippen molar-refractivity contribution in [3.05, 3.63) is 46.4 Å². The highest BCUT2D eigenvalue weighted by Crippen LogP contribution is 2.32. The number of benzene rings is 1. The maximum atomic E-state index is 13.3. The molecule has 1 fully saturated rings. The van der Waals surface area contributed by atoms with Gasteiger partial charge in [-0.25, -0.2) is 18.4 Å². The van der Waals surface area contributed by atoms with Gasteiger partial charge in [0.05, 0.1) is 22.6 Å². The topological polar surface area (TPSA) is 152 Å². The fourth-order valence-electron chi connectivity index (χ4n) is 3.68. The van der Waals surface area contributed by atoms with Gasteiger partial charge in [0.1, 0.15) is 17.1 Å². The number of hydrogen-bond acceptors (Lipinski definition) is 8. The van der Waals surface area contributed by atoms with E-state index in [0.717, 1.165) is 0 Å². The van der Waals surface area contributed by atoms with E-state index in [9.17, 15) is 18.0 Å². The number of fused-ring (bicyclic) bond motifs is 1. The van der Waals surface area contributed by atoms with Crippen LogP contribution in [0.5, 0.6) is 5.75 Å². The Kier molecular flexibility index (Phi) is 6.15. The molecule has 0 aliphatic carbocycles. The molecule has 0 atom stereocenters. The van der Waals surface area contributed by atoms with E-state index in [4.69, 9.17) is 10.5 Å². The maximum Gasteiger partial charge on any atom is 0.277 e. The van der Waals surface area contributed by atoms with Gasteiger partial charge in [-0.15, -0.1) is 0 Å². The van der Waals surface area contributed by atoms with E-state index >= 15 is 0 Å². The number of hydrogen-bond donors (Lipinski definition) is 2. The van der Waals surface area contributed by atoms with Gasteiger partial charge in [-0.3, -0.25) is 9.59 Å². The Labute approximate surface area is 190 Å². The third-order valence-electron chi connectivity index (χ3n) is 5.47. The second-order valence-electron chi connectivity index (χ2n) is 7.63. The minimum absolute atomic E-state index is 0.0264. The summed E-state index contributed by atoms with van der Waals surface area (Å²) in [4.78, 5) is 37.7. The van der Waals surface area contributed by atoms with Crippen LogP contribution in [0.25, 0.3) is 22.4 Å². The van der Waals surface area contributed by atoms with Crippen molar-refractivity contribution in [1.29, 1.82) is 0 Å². The summed E-state index contributed by atoms with van der Waals surface area (Å²) in [6.07, 6.45) is 1.30. The van der Waals surface area contributed by atoms with E-state index in [0.29, 0.717) is 38.5 Å². The number of carbonyl (C=O) groups excluding carboxylic acids is 1. The van der Waals surface area contributed by atoms with Crippen molar-refractivity contribution < 1.29 is 17.9 Å². The highest BCUT2D eigenvalue weighted by atomic mass is 32.2. The number of rotatable bonds is 6. The third-order valence-corrected chi connectivity index (χ3v) is 7.36. The van der Waals surface area contributed by atoms with E-state index in [1.165, 1.54) is 34.8 Å². The average Bonchev–Trinajstić information content (AvgIpc) is 2.79. The fourth-order valence-corrected chi connectivity index (χ4v) is 5.13. The van der Waals surface area contributed by atoms with Crippen molar-refractivity contribution in [3.8, 4) is 17.1 Å². The van der Waals surface area contributed by atoms with Crippen LogP contribution in [0.15, 0.2) is 40.2 Å². The Balaban J connectivity index is 1.88. The highest BCUT2D eigenvalue weighted by Gasteiger charge is 2.28. The number of primary amides is 1. The van der Waals surface area contributed by atoms with Crippen LogP contribution >= 0.6 is 0 Å². The number of nitrogens with two attached hydrogens (primary N) is 1. The number of ether oxygens (including phenoxy) is 1. The molecular weight excluding hydrogens is 448 g/mol. The fraction of sp³-hybridized carbons (Fsp3) is 0.333. The molecule has 1 aliphatic heterocycles. The van der Waals surface area contributed by atoms with Crippen LogP contribution in [0.4, 0.5) is 0 Å². The zero-order chi connectivity index (χ0) is 23.8. The first-order valence-electron chi connectivity index (χ1n) is 10.4. The summed E-state index contributed by atoms with van der Waals surface area (Å²) < 4.78 is 33.6. The van der Waals surface area contributed by atoms with Crippen molar-refractivity contribution in [2.24, 2.45) is 5.73 Å². The Morgan fingerprint density at radius 3 is 2.58 bits per heavy atom. The summed E-state index contributed by atoms with van der Waals surface area (Å²) in [5.74, 6) is -0.383. The molecule has 0 bridgehead atoms. The molecule has 1 aromatic carbocycles. The summed E-state index contributed by atoms with van der Waals surface area (Å²) in [5, 5.41) is 0. The molecule has 0 unspecified atom stereocenters. The minimum Gasteiger partial charge on any atom is -0.493 e. The van der Waals surface area contributed by atoms with E-state index < -0.39 is 21.5 Å². The molecule has 4 rings (SSSR count). The standard InChI is InChI=1S/C21H24N6O5S/c1-3-32-16-5-4-13(33(30,31)27-10-8-26(2)9-11-27)12-15(16)20-24-17-14(19(22)28)6-7-23-18(17)21(29)25-20/h4-7,12H,3,8-11H2,1-2H3,(H2,22,28)(H,24,25,29). The minimum atomic E-state index is -3.78. The summed E-state index contributed by atoms with van der Waals surface area (Å²) >= 11 is 0. The number of nitrogens with zero attached hydrogens (tertiary/aromatic N) is 4. The lowest BCUT2D eigenvalue weighted by molar-refractivity contribution is 0.100. The van der Waals surface area contributed by atoms with Crippen LogP contribution in [0.3, 0.4) is 0 Å². The first-order valence-corrected chi connectivity index (χ1v) is 11.8. The number of aromatic nitrogens is 3. The van der Waals surface area contributed by atoms with Crippen LogP contribution < -0.4 is 16.0 Å². The van der Waals surface area contributed by atoms with Crippen LogP contribution in [-0.2, 0) is 10.0 Å². The Bertz CT molecular complexity index is 1380. The molecule has 1 amide bonds. The van der Waals surface area contributed by atoms with Crippen molar-refractivity contribution in [3.63, 3.8) is 0 Å². The first kappa shape index (κ1) is 22.8. The third kappa shape index (κ3) is 4.32. The van der Waals surface area contributed by atoms with Gasteiger partial charge in [-0.2, -0.15) is 4.31 Å². The van der Waals surface area contributed by atoms with Crippen LogP contribution in [-0.4, -0.2) is 78.3 Å². The second kappa shape index (κ2) is 8.89. The Morgan fingerprint density at radius 1 is 1.18 bits per heavy atom. The van der Waals surface area contributed by atoms with Crippen LogP contribution in [0, 0.1) is 0 Å². The number of nitrogens with one attached hydrogen (secondary N) is 1. The number of piperazine rings is 1. The lowest BCUT2D eigenvalue weighted by Crippen LogP contribution is -2.47. The van der Waals surface area contributed by atoms with Gasteiger partial charge in [0.15, 0.2) is 5.52 Å². The molecule has 3 aromatic rings. The normalized spacial score (nSPS) is 15.6. The number of aromatic amines is 1. The number of amides is 1. The van der Waals surface area contributed by atoms with Gasteiger partial charge in [-0.05, 0) is 38.2 Å². The maximum absolute atomic E-state index is 13.3. The van der Waals surface area contributed by atoms with Crippen molar-refractivity contribution in [2.75, 3.05) is 39.8 Å². The Hall–Kier alpha value is -3.35. The zero-order valence-corrected chi connectivity index (χ0v) is 19.1. The van der Waals surface area contributed by atoms with Crippen LogP contribution in [0.2, 0.25) is 0 Å². The molecule has 2 aromatic heterocycles. The molecule has 0 saturated carbocycles. The molecule has 1 saturated heterocycles. The number of likely N-dealkylation sites (N-methyl/N-ethyl adjacent to an activating group) is 1. The predicted molar refractivity (Wildman–Crippen MR) is 122 cm³/mol. The molecular formula is C21H24N6O5S. The summed E-state index contributed by atoms with van der Waals surface area (Å²) in [6, 6.07) is 5.80. The van der Waals surface area contributed by atoms with Crippen LogP contribution in [0.1, 0.15) is 17.3 Å². The lowest BCUT2D eigenvalue weighted by Gasteiger charge is -2.31. The van der Waals surface area contributed by atoms with E-state index in [1.807, 2.05) is 7.05 Å². The Morgan fingerprint density at radius 2 is 1.91 bits per heavy atom. The quantitative estimate of drug-likeness (QED) is 0.524. The number of pyridine rings is 1. The van der Waals surface area contributed by atoms with E-state index in [2.05, 4.69) is 19.9 Å². The summed E-state index contributed by atoms with van der Waals surface area (Å²) in [6.45, 7) is 4.10. The second-order valence-corrected chi connectivity index (χ2v) is 9.57. The van der Waals surface area contributed by atoms with Gasteiger partial charge in [0, 0.05) is 32.4 Å². The summed E-state index contributed by atoms with van der Waals surface area (Å²) in [5.41, 5.74) is 5.13. The smallest absolute Gasteiger partial charge is 0.277 e. The number of H-pyrrole nitrogens is 1. The monoisotopic (exact) mass is 472 g/mol. The first-order chi connectivity index (χ1) is 15.7. The number of sulfonamides is 1. The van der Waals surface area contributed by atoms with Gasteiger partial charge in [0.2, 0.25) is 10.0 Å². The molecule has 174 valence electrons. The zero-order valence-electron chi connectivity index (χ0n) is 18.2. The molecule has 1 aliphatic rings. The van der Waals surface area contributed by atoms with Crippen molar-refractivity contribution >= 4 is 27.0 Å². The SMILES string of the molecule is CCOc1ccc(S(=O)(=O)N2CCN(C)CC2)cc1-c1nc2c(C(N)=O)ccnc2c(=O)[nH]1. The van der Waals surface area contributed by atoms with Gasteiger partial charge in [0.25, 0.3) is 11.5 Å². The molecule has 3 heterocycles. The number of carbonyl (C=O) groups is 1. The molecule has 0 spiro atoms. The predicted octanol–water partition coefficient (Wildman–Crippen LogP) is 0.419. The van der Waals surface area contributed by atoms with Gasteiger partial charge in [-0.1, -0.05) is 0 Å². The highest BCUT2D eigenvalue weighted by molar-refractivity contribution is 7.89. The summed E-state index contributed by atoms with van der Waals surface area (Å²) in [7, 11) is -1.84. The van der Waals surface area contributed by atoms with Crippen molar-refractivity contribution in [2.45, 2.75) is 11.8 Å². The molecule has 12 heteroatoms. The van der Waals surface area contributed by atoms with E-state index in [1.54, 1.807) is 6.92 Å². The van der Waals surface area contributed by atoms with Gasteiger partial charge >= 0.3 is 0 Å². The lowest BCUT2D eigenvalue weighted by atomic mass is 10.1. The molecule has 3 N–H and O–H groups in total. The molecule has 33 heavy (non-hydrogen) atoms. The molecule has 0 radical (unpaired) electrons. The molecule has 11 nitrogen and oxygen atoms in total. The van der Waals surface area contributed by atoms with E-state index in [-0.39, 0.29) is 32.9 Å². The average molecular weight is 473 g/mol. The van der Waals surface area contributed by atoms with Gasteiger partial charge < -0.3 is 20.4 Å². The van der Waals surface area contributed by atoms with Crippen molar-refractivity contribution in [1.82, 2.24) is 24.2 Å².